The first-order valence-electron chi connectivity index (χ1n) is 8.95. The lowest BCUT2D eigenvalue weighted by Gasteiger charge is -2.23. The van der Waals surface area contributed by atoms with Crippen LogP contribution < -0.4 is 14.4 Å². The average Bonchev–Trinajstić information content (AvgIpc) is 3.09. The summed E-state index contributed by atoms with van der Waals surface area (Å²) in [5.74, 6) is 0.783. The van der Waals surface area contributed by atoms with Crippen LogP contribution in [0.2, 0.25) is 0 Å². The van der Waals surface area contributed by atoms with E-state index in [0.717, 1.165) is 15.7 Å². The molecule has 3 rings (SSSR count). The summed E-state index contributed by atoms with van der Waals surface area (Å²) in [5.41, 5.74) is 1.66. The Morgan fingerprint density at radius 1 is 1.18 bits per heavy atom. The van der Waals surface area contributed by atoms with Crippen molar-refractivity contribution in [2.24, 2.45) is 5.92 Å². The largest absolute Gasteiger partial charge is 0.493 e. The molecule has 1 aliphatic heterocycles. The van der Waals surface area contributed by atoms with Crippen LogP contribution in [-0.2, 0) is 16.1 Å². The van der Waals surface area contributed by atoms with Crippen molar-refractivity contribution in [2.75, 3.05) is 32.7 Å². The Morgan fingerprint density at radius 2 is 1.89 bits per heavy atom. The number of ether oxygens (including phenoxy) is 2. The lowest BCUT2D eigenvalue weighted by Crippen LogP contribution is -2.34. The Bertz CT molecular complexity index is 869. The van der Waals surface area contributed by atoms with Crippen molar-refractivity contribution < 1.29 is 19.1 Å². The van der Waals surface area contributed by atoms with E-state index >= 15 is 0 Å². The molecular weight excluding hydrogens is 424 g/mol. The molecule has 2 aromatic rings. The van der Waals surface area contributed by atoms with Crippen LogP contribution in [0.4, 0.5) is 5.69 Å². The minimum Gasteiger partial charge on any atom is -0.493 e. The Labute approximate surface area is 173 Å². The second-order valence-electron chi connectivity index (χ2n) is 6.73. The summed E-state index contributed by atoms with van der Waals surface area (Å²) >= 11 is 3.39. The first-order chi connectivity index (χ1) is 13.4. The molecular formula is C21H23BrN2O4. The second-order valence-corrected chi connectivity index (χ2v) is 7.64. The molecule has 7 heteroatoms. The highest BCUT2D eigenvalue weighted by molar-refractivity contribution is 9.10. The lowest BCUT2D eigenvalue weighted by molar-refractivity contribution is -0.135. The van der Waals surface area contributed by atoms with Gasteiger partial charge in [0.1, 0.15) is 0 Å². The van der Waals surface area contributed by atoms with E-state index in [9.17, 15) is 9.59 Å². The average molecular weight is 447 g/mol. The first kappa shape index (κ1) is 20.2. The predicted molar refractivity (Wildman–Crippen MR) is 111 cm³/mol. The summed E-state index contributed by atoms with van der Waals surface area (Å²) in [5, 5.41) is 0. The molecule has 1 unspecified atom stereocenters. The molecule has 1 aliphatic rings. The normalized spacial score (nSPS) is 16.2. The van der Waals surface area contributed by atoms with Crippen LogP contribution in [0.1, 0.15) is 12.0 Å². The molecule has 0 N–H and O–H groups in total. The number of hydrogen-bond acceptors (Lipinski definition) is 4. The maximum absolute atomic E-state index is 12.9. The number of para-hydroxylation sites is 1. The van der Waals surface area contributed by atoms with Crippen LogP contribution in [0.3, 0.4) is 0 Å². The second kappa shape index (κ2) is 8.65. The number of rotatable bonds is 6. The topological polar surface area (TPSA) is 59.1 Å². The molecule has 1 heterocycles. The summed E-state index contributed by atoms with van der Waals surface area (Å²) < 4.78 is 11.7. The first-order valence-corrected chi connectivity index (χ1v) is 9.74. The van der Waals surface area contributed by atoms with Crippen molar-refractivity contribution in [3.8, 4) is 11.5 Å². The SMILES string of the molecule is COc1cccc(CN(C)C(=O)C2CC(=O)N(c3ccc(Br)cc3)C2)c1OC. The molecule has 2 aromatic carbocycles. The van der Waals surface area contributed by atoms with E-state index in [-0.39, 0.29) is 24.2 Å². The molecule has 0 spiro atoms. The van der Waals surface area contributed by atoms with Gasteiger partial charge in [0.15, 0.2) is 11.5 Å². The molecule has 0 aromatic heterocycles. The highest BCUT2D eigenvalue weighted by Gasteiger charge is 2.36. The van der Waals surface area contributed by atoms with E-state index in [0.29, 0.717) is 24.6 Å². The third kappa shape index (κ3) is 4.14. The highest BCUT2D eigenvalue weighted by Crippen LogP contribution is 2.32. The summed E-state index contributed by atoms with van der Waals surface area (Å²) in [6.45, 7) is 0.765. The van der Waals surface area contributed by atoms with Gasteiger partial charge in [-0.15, -0.1) is 0 Å². The molecule has 0 aliphatic carbocycles. The Hall–Kier alpha value is -2.54. The van der Waals surface area contributed by atoms with Crippen molar-refractivity contribution in [3.63, 3.8) is 0 Å². The minimum absolute atomic E-state index is 0.0342. The Kier molecular flexibility index (Phi) is 6.24. The van der Waals surface area contributed by atoms with Gasteiger partial charge in [-0.05, 0) is 30.3 Å². The molecule has 0 saturated carbocycles. The third-order valence-electron chi connectivity index (χ3n) is 4.88. The van der Waals surface area contributed by atoms with Crippen LogP contribution in [0, 0.1) is 5.92 Å². The molecule has 28 heavy (non-hydrogen) atoms. The molecule has 148 valence electrons. The van der Waals surface area contributed by atoms with E-state index in [2.05, 4.69) is 15.9 Å². The summed E-state index contributed by atoms with van der Waals surface area (Å²) in [6.07, 6.45) is 0.217. The lowest BCUT2D eigenvalue weighted by atomic mass is 10.1. The van der Waals surface area contributed by atoms with Crippen LogP contribution in [-0.4, -0.2) is 44.5 Å². The molecule has 1 fully saturated rings. The van der Waals surface area contributed by atoms with E-state index in [4.69, 9.17) is 9.47 Å². The summed E-state index contributed by atoms with van der Waals surface area (Å²) in [6, 6.07) is 13.1. The van der Waals surface area contributed by atoms with E-state index in [1.165, 1.54) is 0 Å². The maximum atomic E-state index is 12.9. The zero-order valence-corrected chi connectivity index (χ0v) is 17.7. The molecule has 6 nitrogen and oxygen atoms in total. The van der Waals surface area contributed by atoms with Crippen LogP contribution >= 0.6 is 15.9 Å². The smallest absolute Gasteiger partial charge is 0.228 e. The fourth-order valence-corrected chi connectivity index (χ4v) is 3.73. The van der Waals surface area contributed by atoms with Crippen molar-refractivity contribution in [1.29, 1.82) is 0 Å². The van der Waals surface area contributed by atoms with Gasteiger partial charge in [-0.3, -0.25) is 9.59 Å². The van der Waals surface area contributed by atoms with Crippen LogP contribution in [0.25, 0.3) is 0 Å². The minimum atomic E-state index is -0.363. The van der Waals surface area contributed by atoms with Crippen molar-refractivity contribution >= 4 is 33.4 Å². The van der Waals surface area contributed by atoms with Gasteiger partial charge >= 0.3 is 0 Å². The van der Waals surface area contributed by atoms with Gasteiger partial charge in [-0.2, -0.15) is 0 Å². The molecule has 1 saturated heterocycles. The predicted octanol–water partition coefficient (Wildman–Crippen LogP) is 3.48. The number of halogens is 1. The van der Waals surface area contributed by atoms with E-state index in [1.54, 1.807) is 31.1 Å². The molecule has 0 radical (unpaired) electrons. The molecule has 1 atom stereocenters. The fourth-order valence-electron chi connectivity index (χ4n) is 3.47. The monoisotopic (exact) mass is 446 g/mol. The zero-order chi connectivity index (χ0) is 20.3. The quantitative estimate of drug-likeness (QED) is 0.681. The zero-order valence-electron chi connectivity index (χ0n) is 16.1. The van der Waals surface area contributed by atoms with E-state index < -0.39 is 0 Å². The molecule has 2 amide bonds. The van der Waals surface area contributed by atoms with Gasteiger partial charge in [-0.25, -0.2) is 0 Å². The standard InChI is InChI=1S/C21H23BrN2O4/c1-23(12-14-5-4-6-18(27-2)20(14)28-3)21(26)15-11-19(25)24(13-15)17-9-7-16(22)8-10-17/h4-10,15H,11-13H2,1-3H3. The van der Waals surface area contributed by atoms with Crippen molar-refractivity contribution in [2.45, 2.75) is 13.0 Å². The van der Waals surface area contributed by atoms with Crippen LogP contribution in [0.5, 0.6) is 11.5 Å². The maximum Gasteiger partial charge on any atom is 0.228 e. The van der Waals surface area contributed by atoms with Gasteiger partial charge in [0.2, 0.25) is 11.8 Å². The van der Waals surface area contributed by atoms with Gasteiger partial charge in [-0.1, -0.05) is 28.1 Å². The third-order valence-corrected chi connectivity index (χ3v) is 5.41. The number of nitrogens with zero attached hydrogens (tertiary/aromatic N) is 2. The van der Waals surface area contributed by atoms with Crippen molar-refractivity contribution in [3.05, 3.63) is 52.5 Å². The summed E-state index contributed by atoms with van der Waals surface area (Å²) in [7, 11) is 4.90. The van der Waals surface area contributed by atoms with Gasteiger partial charge in [0.25, 0.3) is 0 Å². The number of amides is 2. The fraction of sp³-hybridized carbons (Fsp3) is 0.333. The Balaban J connectivity index is 1.71. The number of hydrogen-bond donors (Lipinski definition) is 0. The molecule has 0 bridgehead atoms. The number of anilines is 1. The van der Waals surface area contributed by atoms with Crippen LogP contribution in [0.15, 0.2) is 46.9 Å². The van der Waals surface area contributed by atoms with Gasteiger partial charge < -0.3 is 19.3 Å². The highest BCUT2D eigenvalue weighted by atomic mass is 79.9. The number of carbonyl (C=O) groups excluding carboxylic acids is 2. The number of methoxy groups -OCH3 is 2. The van der Waals surface area contributed by atoms with E-state index in [1.807, 2.05) is 42.5 Å². The van der Waals surface area contributed by atoms with Gasteiger partial charge in [0, 0.05) is 42.3 Å². The number of carbonyl (C=O) groups is 2. The summed E-state index contributed by atoms with van der Waals surface area (Å²) in [4.78, 5) is 28.7. The van der Waals surface area contributed by atoms with Gasteiger partial charge in [0.05, 0.1) is 20.1 Å². The van der Waals surface area contributed by atoms with Crippen molar-refractivity contribution in [1.82, 2.24) is 4.90 Å². The Morgan fingerprint density at radius 3 is 2.54 bits per heavy atom. The number of benzene rings is 2.